The number of thioether (sulfide) groups is 1. The van der Waals surface area contributed by atoms with Gasteiger partial charge in [-0.15, -0.1) is 0 Å². The summed E-state index contributed by atoms with van der Waals surface area (Å²) in [6, 6.07) is 3.14. The molecule has 26 heavy (non-hydrogen) atoms. The van der Waals surface area contributed by atoms with E-state index in [-0.39, 0.29) is 11.5 Å². The summed E-state index contributed by atoms with van der Waals surface area (Å²) >= 11 is 1.75. The Labute approximate surface area is 155 Å². The van der Waals surface area contributed by atoms with Crippen molar-refractivity contribution in [3.05, 3.63) is 34.1 Å². The van der Waals surface area contributed by atoms with Crippen molar-refractivity contribution < 1.29 is 9.50 Å². The first-order chi connectivity index (χ1) is 12.6. The van der Waals surface area contributed by atoms with E-state index >= 15 is 0 Å². The van der Waals surface area contributed by atoms with Crippen molar-refractivity contribution in [1.82, 2.24) is 9.97 Å². The average Bonchev–Trinajstić information content (AvgIpc) is 3.43. The number of halogens is 1. The third-order valence-electron chi connectivity index (χ3n) is 5.20. The maximum atomic E-state index is 14.4. The van der Waals surface area contributed by atoms with E-state index in [1.165, 1.54) is 18.9 Å². The summed E-state index contributed by atoms with van der Waals surface area (Å²) in [5.74, 6) is 1.32. The molecule has 4 rings (SSSR count). The van der Waals surface area contributed by atoms with Gasteiger partial charge < -0.3 is 15.4 Å². The van der Waals surface area contributed by atoms with E-state index in [1.807, 2.05) is 0 Å². The van der Waals surface area contributed by atoms with E-state index in [1.54, 1.807) is 17.8 Å². The number of aliphatic hydroxyl groups excluding tert-OH is 1. The third-order valence-corrected chi connectivity index (χ3v) is 6.58. The van der Waals surface area contributed by atoms with E-state index in [4.69, 9.17) is 0 Å². The quantitative estimate of drug-likeness (QED) is 0.719. The average molecular weight is 377 g/mol. The maximum absolute atomic E-state index is 14.4. The molecule has 2 saturated carbocycles. The Morgan fingerprint density at radius 1 is 1.23 bits per heavy atom. The van der Waals surface area contributed by atoms with Crippen LogP contribution in [0, 0.1) is 11.7 Å². The number of nitrogens with zero attached hydrogens (tertiary/aromatic N) is 1. The Bertz CT molecular complexity index is 845. The number of nitrogens with one attached hydrogen (secondary N) is 2. The zero-order valence-electron chi connectivity index (χ0n) is 14.6. The van der Waals surface area contributed by atoms with Crippen molar-refractivity contribution >= 4 is 28.4 Å². The number of fused-ring (bicyclic) bond motifs is 1. The van der Waals surface area contributed by atoms with E-state index in [0.29, 0.717) is 33.9 Å². The molecule has 1 heterocycles. The summed E-state index contributed by atoms with van der Waals surface area (Å²) in [6.45, 7) is 0.838. The van der Waals surface area contributed by atoms with Crippen LogP contribution in [0.3, 0.4) is 0 Å². The number of H-pyrrole nitrogens is 1. The van der Waals surface area contributed by atoms with Crippen molar-refractivity contribution in [2.75, 3.05) is 11.9 Å². The zero-order chi connectivity index (χ0) is 18.1. The van der Waals surface area contributed by atoms with Gasteiger partial charge in [0, 0.05) is 17.5 Å². The van der Waals surface area contributed by atoms with Crippen molar-refractivity contribution in [1.29, 1.82) is 0 Å². The molecule has 3 N–H and O–H groups in total. The number of anilines is 1. The third kappa shape index (κ3) is 4.20. The predicted octanol–water partition coefficient (Wildman–Crippen LogP) is 3.42. The van der Waals surface area contributed by atoms with Gasteiger partial charge in [-0.2, -0.15) is 11.8 Å². The highest BCUT2D eigenvalue weighted by Gasteiger charge is 2.22. The highest BCUT2D eigenvalue weighted by atomic mass is 32.2. The van der Waals surface area contributed by atoms with Gasteiger partial charge in [-0.1, -0.05) is 0 Å². The molecule has 0 unspecified atom stereocenters. The smallest absolute Gasteiger partial charge is 0.261 e. The standard InChI is InChI=1S/C19H24FN3O2S/c20-15-7-12(21-9-11-1-2-11)8-16-18(15)19(25)23-17(22-16)10-26-14-5-3-13(24)4-6-14/h7-8,11,13-14,21,24H,1-6,9-10H2,(H,22,23,25)/t13-,14-. The van der Waals surface area contributed by atoms with Crippen molar-refractivity contribution in [2.24, 2.45) is 5.92 Å². The van der Waals surface area contributed by atoms with Gasteiger partial charge in [0.05, 0.1) is 17.4 Å². The zero-order valence-corrected chi connectivity index (χ0v) is 15.4. The topological polar surface area (TPSA) is 78.0 Å². The molecule has 2 aliphatic rings. The Balaban J connectivity index is 1.50. The molecule has 2 aliphatic carbocycles. The highest BCUT2D eigenvalue weighted by molar-refractivity contribution is 7.99. The summed E-state index contributed by atoms with van der Waals surface area (Å²) in [5.41, 5.74) is 0.664. The number of hydrogen-bond donors (Lipinski definition) is 3. The van der Waals surface area contributed by atoms with Crippen LogP contribution in [0.15, 0.2) is 16.9 Å². The molecule has 0 amide bonds. The summed E-state index contributed by atoms with van der Waals surface area (Å²) in [4.78, 5) is 19.5. The van der Waals surface area contributed by atoms with Crippen molar-refractivity contribution in [3.8, 4) is 0 Å². The fourth-order valence-electron chi connectivity index (χ4n) is 3.44. The fraction of sp³-hybridized carbons (Fsp3) is 0.579. The van der Waals surface area contributed by atoms with Crippen LogP contribution in [0.25, 0.3) is 10.9 Å². The van der Waals surface area contributed by atoms with Gasteiger partial charge in [0.25, 0.3) is 5.56 Å². The van der Waals surface area contributed by atoms with Crippen molar-refractivity contribution in [3.63, 3.8) is 0 Å². The largest absolute Gasteiger partial charge is 0.393 e. The minimum atomic E-state index is -0.532. The molecule has 0 bridgehead atoms. The lowest BCUT2D eigenvalue weighted by atomic mass is 9.97. The molecular weight excluding hydrogens is 353 g/mol. The Morgan fingerprint density at radius 2 is 2.00 bits per heavy atom. The van der Waals surface area contributed by atoms with E-state index in [2.05, 4.69) is 15.3 Å². The van der Waals surface area contributed by atoms with Gasteiger partial charge in [0.1, 0.15) is 17.0 Å². The van der Waals surface area contributed by atoms with E-state index < -0.39 is 11.4 Å². The lowest BCUT2D eigenvalue weighted by Gasteiger charge is -2.24. The summed E-state index contributed by atoms with van der Waals surface area (Å²) in [5, 5.41) is 13.3. The Kier molecular flexibility index (Phi) is 5.18. The van der Waals surface area contributed by atoms with Gasteiger partial charge in [-0.25, -0.2) is 9.37 Å². The Morgan fingerprint density at radius 3 is 2.73 bits per heavy atom. The number of rotatable bonds is 6. The van der Waals surface area contributed by atoms with Crippen molar-refractivity contribution in [2.45, 2.75) is 55.6 Å². The van der Waals surface area contributed by atoms with Crippen LogP contribution in [0.5, 0.6) is 0 Å². The van der Waals surface area contributed by atoms with Gasteiger partial charge in [-0.3, -0.25) is 4.79 Å². The second-order valence-electron chi connectivity index (χ2n) is 7.43. The molecule has 7 heteroatoms. The first-order valence-electron chi connectivity index (χ1n) is 9.34. The van der Waals surface area contributed by atoms with Crippen LogP contribution in [-0.4, -0.2) is 33.0 Å². The molecule has 1 aromatic carbocycles. The van der Waals surface area contributed by atoms with Crippen LogP contribution in [-0.2, 0) is 5.75 Å². The lowest BCUT2D eigenvalue weighted by molar-refractivity contribution is 0.132. The second-order valence-corrected chi connectivity index (χ2v) is 8.72. The van der Waals surface area contributed by atoms with Crippen LogP contribution in [0.2, 0.25) is 0 Å². The van der Waals surface area contributed by atoms with Crippen LogP contribution >= 0.6 is 11.8 Å². The molecule has 0 radical (unpaired) electrons. The molecule has 0 aliphatic heterocycles. The highest BCUT2D eigenvalue weighted by Crippen LogP contribution is 2.31. The summed E-state index contributed by atoms with van der Waals surface area (Å²) in [6.07, 6.45) is 5.90. The molecule has 2 fully saturated rings. The lowest BCUT2D eigenvalue weighted by Crippen LogP contribution is -2.20. The number of aliphatic hydroxyl groups is 1. The minimum Gasteiger partial charge on any atom is -0.393 e. The molecule has 1 aromatic heterocycles. The molecule has 0 saturated heterocycles. The van der Waals surface area contributed by atoms with E-state index in [9.17, 15) is 14.3 Å². The van der Waals surface area contributed by atoms with Gasteiger partial charge >= 0.3 is 0 Å². The normalized spacial score (nSPS) is 23.3. The molecule has 2 aromatic rings. The Hall–Kier alpha value is -1.60. The summed E-state index contributed by atoms with van der Waals surface area (Å²) in [7, 11) is 0. The van der Waals surface area contributed by atoms with Gasteiger partial charge in [0.2, 0.25) is 0 Å². The predicted molar refractivity (Wildman–Crippen MR) is 103 cm³/mol. The monoisotopic (exact) mass is 377 g/mol. The first kappa shape index (κ1) is 17.8. The van der Waals surface area contributed by atoms with Crippen LogP contribution in [0.1, 0.15) is 44.3 Å². The number of aromatic amines is 1. The SMILES string of the molecule is O=c1[nH]c(CS[C@H]2CC[C@H](O)CC2)nc2cc(NCC3CC3)cc(F)c12. The minimum absolute atomic E-state index is 0.0245. The molecule has 5 nitrogen and oxygen atoms in total. The molecule has 0 atom stereocenters. The number of benzene rings is 1. The first-order valence-corrected chi connectivity index (χ1v) is 10.4. The van der Waals surface area contributed by atoms with Crippen LogP contribution in [0.4, 0.5) is 10.1 Å². The van der Waals surface area contributed by atoms with E-state index in [0.717, 1.165) is 32.2 Å². The van der Waals surface area contributed by atoms with Gasteiger partial charge in [-0.05, 0) is 56.6 Å². The van der Waals surface area contributed by atoms with Gasteiger partial charge in [0.15, 0.2) is 0 Å². The summed E-state index contributed by atoms with van der Waals surface area (Å²) < 4.78 is 14.4. The molecule has 0 spiro atoms. The van der Waals surface area contributed by atoms with Crippen LogP contribution < -0.4 is 10.9 Å². The maximum Gasteiger partial charge on any atom is 0.261 e. The number of aromatic nitrogens is 2. The number of hydrogen-bond acceptors (Lipinski definition) is 5. The molecule has 140 valence electrons. The molecular formula is C19H24FN3O2S. The fourth-order valence-corrected chi connectivity index (χ4v) is 4.57. The second kappa shape index (κ2) is 7.56.